The first-order valence-corrected chi connectivity index (χ1v) is 11.0. The van der Waals surface area contributed by atoms with Crippen LogP contribution in [-0.2, 0) is 26.0 Å². The number of fused-ring (bicyclic) bond motifs is 1. The molecule has 0 aromatic heterocycles. The standard InChI is InChI=1S/C21H24FN3O4S/c1-13-4-5-17(12-19(13)22)24-21(27)8-9-23-30(28,29)18-6-7-20-16(11-18)10-14(2)25(20)15(3)26/h4-7,11-12,14,23H,8-10H2,1-3H3,(H,24,27)/t14-/m1/s1. The number of nitrogens with zero attached hydrogens (tertiary/aromatic N) is 1. The zero-order valence-electron chi connectivity index (χ0n) is 17.0. The van der Waals surface area contributed by atoms with E-state index < -0.39 is 21.7 Å². The fourth-order valence-corrected chi connectivity index (χ4v) is 4.61. The Hall–Kier alpha value is -2.78. The second-order valence-corrected chi connectivity index (χ2v) is 9.16. The molecule has 2 aromatic rings. The zero-order valence-corrected chi connectivity index (χ0v) is 17.8. The van der Waals surface area contributed by atoms with Gasteiger partial charge in [-0.2, -0.15) is 0 Å². The van der Waals surface area contributed by atoms with Gasteiger partial charge in [-0.05, 0) is 61.7 Å². The second kappa shape index (κ2) is 8.53. The van der Waals surface area contributed by atoms with Gasteiger partial charge in [-0.1, -0.05) is 6.07 Å². The summed E-state index contributed by atoms with van der Waals surface area (Å²) >= 11 is 0. The van der Waals surface area contributed by atoms with Crippen molar-refractivity contribution in [2.75, 3.05) is 16.8 Å². The Kier molecular flexibility index (Phi) is 6.23. The van der Waals surface area contributed by atoms with Crippen LogP contribution in [0.2, 0.25) is 0 Å². The van der Waals surface area contributed by atoms with Crippen LogP contribution in [0.4, 0.5) is 15.8 Å². The quantitative estimate of drug-likeness (QED) is 0.732. The van der Waals surface area contributed by atoms with Crippen molar-refractivity contribution >= 4 is 33.2 Å². The van der Waals surface area contributed by atoms with Crippen LogP contribution in [0.15, 0.2) is 41.3 Å². The van der Waals surface area contributed by atoms with Crippen LogP contribution in [0.1, 0.15) is 31.4 Å². The Balaban J connectivity index is 1.60. The van der Waals surface area contributed by atoms with E-state index in [1.165, 1.54) is 19.1 Å². The van der Waals surface area contributed by atoms with Crippen LogP contribution in [0.3, 0.4) is 0 Å². The topological polar surface area (TPSA) is 95.6 Å². The summed E-state index contributed by atoms with van der Waals surface area (Å²) in [6.07, 6.45) is 0.475. The fourth-order valence-electron chi connectivity index (χ4n) is 3.53. The van der Waals surface area contributed by atoms with E-state index in [0.717, 1.165) is 11.3 Å². The molecule has 0 spiro atoms. The molecule has 0 radical (unpaired) electrons. The van der Waals surface area contributed by atoms with Crippen molar-refractivity contribution in [2.45, 2.75) is 44.6 Å². The molecule has 0 unspecified atom stereocenters. The molecule has 30 heavy (non-hydrogen) atoms. The SMILES string of the molecule is CC(=O)N1c2ccc(S(=O)(=O)NCCC(=O)Nc3ccc(C)c(F)c3)cc2C[C@H]1C. The molecule has 1 aliphatic heterocycles. The largest absolute Gasteiger partial charge is 0.326 e. The molecule has 1 aliphatic rings. The predicted molar refractivity (Wildman–Crippen MR) is 112 cm³/mol. The third-order valence-electron chi connectivity index (χ3n) is 5.02. The van der Waals surface area contributed by atoms with Crippen molar-refractivity contribution in [3.63, 3.8) is 0 Å². The number of hydrogen-bond donors (Lipinski definition) is 2. The first-order valence-electron chi connectivity index (χ1n) is 9.57. The average Bonchev–Trinajstić information content (AvgIpc) is 2.99. The van der Waals surface area contributed by atoms with Gasteiger partial charge in [0.15, 0.2) is 0 Å². The van der Waals surface area contributed by atoms with Crippen LogP contribution in [0.25, 0.3) is 0 Å². The maximum absolute atomic E-state index is 13.5. The van der Waals surface area contributed by atoms with Gasteiger partial charge in [-0.15, -0.1) is 0 Å². The number of hydrogen-bond acceptors (Lipinski definition) is 4. The molecular weight excluding hydrogens is 409 g/mol. The van der Waals surface area contributed by atoms with Crippen molar-refractivity contribution in [1.29, 1.82) is 0 Å². The van der Waals surface area contributed by atoms with Gasteiger partial charge in [0.05, 0.1) is 4.90 Å². The van der Waals surface area contributed by atoms with Crippen LogP contribution in [0, 0.1) is 12.7 Å². The van der Waals surface area contributed by atoms with Gasteiger partial charge in [-0.3, -0.25) is 9.59 Å². The van der Waals surface area contributed by atoms with Crippen LogP contribution in [-0.4, -0.2) is 32.8 Å². The third-order valence-corrected chi connectivity index (χ3v) is 6.47. The van der Waals surface area contributed by atoms with Gasteiger partial charge in [0.1, 0.15) is 5.82 Å². The lowest BCUT2D eigenvalue weighted by atomic mass is 10.1. The fraction of sp³-hybridized carbons (Fsp3) is 0.333. The molecule has 2 aromatic carbocycles. The summed E-state index contributed by atoms with van der Waals surface area (Å²) in [6, 6.07) is 8.96. The molecule has 160 valence electrons. The number of halogens is 1. The number of nitrogens with one attached hydrogen (secondary N) is 2. The first kappa shape index (κ1) is 21.9. The van der Waals surface area contributed by atoms with E-state index in [-0.39, 0.29) is 29.8 Å². The third kappa shape index (κ3) is 4.68. The number of benzene rings is 2. The molecule has 0 fully saturated rings. The van der Waals surface area contributed by atoms with E-state index in [1.807, 2.05) is 6.92 Å². The van der Waals surface area contributed by atoms with E-state index in [9.17, 15) is 22.4 Å². The van der Waals surface area contributed by atoms with Gasteiger partial charge in [0.25, 0.3) is 0 Å². The smallest absolute Gasteiger partial charge is 0.240 e. The highest BCUT2D eigenvalue weighted by Gasteiger charge is 2.30. The van der Waals surface area contributed by atoms with Crippen molar-refractivity contribution in [2.24, 2.45) is 0 Å². The number of carbonyl (C=O) groups excluding carboxylic acids is 2. The van der Waals surface area contributed by atoms with Gasteiger partial charge in [-0.25, -0.2) is 17.5 Å². The van der Waals surface area contributed by atoms with Crippen LogP contribution >= 0.6 is 0 Å². The van der Waals surface area contributed by atoms with E-state index >= 15 is 0 Å². The molecule has 0 aliphatic carbocycles. The minimum atomic E-state index is -3.81. The van der Waals surface area contributed by atoms with Gasteiger partial charge < -0.3 is 10.2 Å². The maximum atomic E-state index is 13.5. The van der Waals surface area contributed by atoms with Gasteiger partial charge >= 0.3 is 0 Å². The number of amides is 2. The minimum Gasteiger partial charge on any atom is -0.326 e. The van der Waals surface area contributed by atoms with Crippen molar-refractivity contribution < 1.29 is 22.4 Å². The summed E-state index contributed by atoms with van der Waals surface area (Å²) in [7, 11) is -3.81. The molecule has 0 saturated heterocycles. The van der Waals surface area contributed by atoms with E-state index in [0.29, 0.717) is 17.7 Å². The molecule has 7 nitrogen and oxygen atoms in total. The molecule has 0 saturated carbocycles. The Bertz CT molecular complexity index is 1100. The lowest BCUT2D eigenvalue weighted by Crippen LogP contribution is -2.33. The zero-order chi connectivity index (χ0) is 22.1. The highest BCUT2D eigenvalue weighted by molar-refractivity contribution is 7.89. The summed E-state index contributed by atoms with van der Waals surface area (Å²) in [6.45, 7) is 4.91. The summed E-state index contributed by atoms with van der Waals surface area (Å²) in [4.78, 5) is 25.6. The molecule has 3 rings (SSSR count). The highest BCUT2D eigenvalue weighted by atomic mass is 32.2. The van der Waals surface area contributed by atoms with Crippen LogP contribution < -0.4 is 14.9 Å². The first-order chi connectivity index (χ1) is 14.1. The summed E-state index contributed by atoms with van der Waals surface area (Å²) in [5, 5.41) is 2.54. The van der Waals surface area contributed by atoms with Crippen LogP contribution in [0.5, 0.6) is 0 Å². The van der Waals surface area contributed by atoms with Crippen molar-refractivity contribution in [3.8, 4) is 0 Å². The Labute approximate surface area is 175 Å². The summed E-state index contributed by atoms with van der Waals surface area (Å²) in [5.41, 5.74) is 2.29. The lowest BCUT2D eigenvalue weighted by Gasteiger charge is -2.20. The van der Waals surface area contributed by atoms with Gasteiger partial charge in [0.2, 0.25) is 21.8 Å². The average molecular weight is 434 g/mol. The summed E-state index contributed by atoms with van der Waals surface area (Å²) < 4.78 is 41.1. The lowest BCUT2D eigenvalue weighted by molar-refractivity contribution is -0.117. The number of rotatable bonds is 6. The Morgan fingerprint density at radius 3 is 2.60 bits per heavy atom. The van der Waals surface area contributed by atoms with E-state index in [2.05, 4.69) is 10.0 Å². The van der Waals surface area contributed by atoms with E-state index in [4.69, 9.17) is 0 Å². The predicted octanol–water partition coefficient (Wildman–Crippen LogP) is 2.74. The molecule has 1 atom stereocenters. The molecular formula is C21H24FN3O4S. The van der Waals surface area contributed by atoms with Crippen molar-refractivity contribution in [1.82, 2.24) is 4.72 Å². The molecule has 1 heterocycles. The number of aryl methyl sites for hydroxylation is 1. The molecule has 2 N–H and O–H groups in total. The normalized spacial score (nSPS) is 15.7. The maximum Gasteiger partial charge on any atom is 0.240 e. The monoisotopic (exact) mass is 433 g/mol. The highest BCUT2D eigenvalue weighted by Crippen LogP contribution is 2.33. The molecule has 9 heteroatoms. The van der Waals surface area contributed by atoms with Gasteiger partial charge in [0, 0.05) is 37.3 Å². The van der Waals surface area contributed by atoms with Crippen molar-refractivity contribution in [3.05, 3.63) is 53.3 Å². The second-order valence-electron chi connectivity index (χ2n) is 7.39. The number of anilines is 2. The number of sulfonamides is 1. The summed E-state index contributed by atoms with van der Waals surface area (Å²) in [5.74, 6) is -0.946. The Morgan fingerprint density at radius 2 is 1.93 bits per heavy atom. The molecule has 0 bridgehead atoms. The Morgan fingerprint density at radius 1 is 1.20 bits per heavy atom. The molecule has 2 amide bonds. The number of carbonyl (C=O) groups is 2. The minimum absolute atomic E-state index is 0.0290. The van der Waals surface area contributed by atoms with E-state index in [1.54, 1.807) is 36.1 Å².